The topological polar surface area (TPSA) is 98.3 Å². The highest BCUT2D eigenvalue weighted by Crippen LogP contribution is 2.27. The van der Waals surface area contributed by atoms with Gasteiger partial charge >= 0.3 is 0 Å². The number of nitro benzene ring substituents is 1. The molecule has 2 rings (SSSR count). The van der Waals surface area contributed by atoms with E-state index in [2.05, 4.69) is 5.32 Å². The van der Waals surface area contributed by atoms with E-state index in [0.717, 1.165) is 5.56 Å². The molecule has 1 amide bonds. The summed E-state index contributed by atoms with van der Waals surface area (Å²) in [4.78, 5) is 21.2. The second kappa shape index (κ2) is 6.23. The number of nitrogens with one attached hydrogen (secondary N) is 1. The maximum absolute atomic E-state index is 11.1. The van der Waals surface area contributed by atoms with Crippen LogP contribution in [0.5, 0.6) is 0 Å². The monoisotopic (exact) mass is 305 g/mol. The number of halogens is 1. The number of carbonyl (C=O) groups excluding carboxylic acids is 1. The third-order valence-corrected chi connectivity index (χ3v) is 3.16. The zero-order chi connectivity index (χ0) is 15.4. The number of primary amides is 1. The average molecular weight is 306 g/mol. The lowest BCUT2D eigenvalue weighted by Gasteiger charge is -2.08. The fraction of sp³-hybridized carbons (Fsp3) is 0.0714. The second-order valence-electron chi connectivity index (χ2n) is 4.34. The molecule has 7 heteroatoms. The van der Waals surface area contributed by atoms with Crippen molar-refractivity contribution in [2.24, 2.45) is 5.73 Å². The van der Waals surface area contributed by atoms with Gasteiger partial charge in [-0.1, -0.05) is 23.7 Å². The lowest BCUT2D eigenvalue weighted by atomic mass is 10.1. The van der Waals surface area contributed by atoms with Crippen LogP contribution >= 0.6 is 11.6 Å². The largest absolute Gasteiger partial charge is 0.381 e. The van der Waals surface area contributed by atoms with Crippen molar-refractivity contribution in [1.29, 1.82) is 0 Å². The van der Waals surface area contributed by atoms with E-state index < -0.39 is 10.8 Å². The van der Waals surface area contributed by atoms with Gasteiger partial charge in [0, 0.05) is 23.9 Å². The van der Waals surface area contributed by atoms with Crippen LogP contribution in [-0.4, -0.2) is 10.8 Å². The van der Waals surface area contributed by atoms with Crippen molar-refractivity contribution in [2.75, 3.05) is 5.32 Å². The predicted octanol–water partition coefficient (Wildman–Crippen LogP) is 2.96. The molecule has 0 bridgehead atoms. The first kappa shape index (κ1) is 14.8. The molecule has 21 heavy (non-hydrogen) atoms. The molecular weight excluding hydrogens is 294 g/mol. The maximum atomic E-state index is 11.1. The molecule has 0 aliphatic rings. The molecule has 0 atom stereocenters. The van der Waals surface area contributed by atoms with E-state index in [1.54, 1.807) is 24.3 Å². The minimum absolute atomic E-state index is 0.0656. The Bertz CT molecular complexity index is 704. The van der Waals surface area contributed by atoms with Crippen LogP contribution in [0.3, 0.4) is 0 Å². The van der Waals surface area contributed by atoms with Crippen molar-refractivity contribution in [3.05, 3.63) is 68.7 Å². The summed E-state index contributed by atoms with van der Waals surface area (Å²) in [5.74, 6) is -0.491. The minimum Gasteiger partial charge on any atom is -0.381 e. The van der Waals surface area contributed by atoms with Gasteiger partial charge in [0.1, 0.15) is 5.02 Å². The lowest BCUT2D eigenvalue weighted by Crippen LogP contribution is -2.11. The highest BCUT2D eigenvalue weighted by molar-refractivity contribution is 6.32. The molecule has 0 aromatic heterocycles. The number of nitrogens with two attached hydrogens (primary N) is 1. The smallest absolute Gasteiger partial charge is 0.288 e. The zero-order valence-corrected chi connectivity index (χ0v) is 11.6. The number of carbonyl (C=O) groups is 1. The second-order valence-corrected chi connectivity index (χ2v) is 4.75. The van der Waals surface area contributed by atoms with Gasteiger partial charge in [-0.3, -0.25) is 14.9 Å². The molecule has 0 heterocycles. The van der Waals surface area contributed by atoms with Gasteiger partial charge in [-0.15, -0.1) is 0 Å². The number of amides is 1. The molecule has 0 fully saturated rings. The molecular formula is C14H12ClN3O3. The summed E-state index contributed by atoms with van der Waals surface area (Å²) in [5, 5.41) is 13.8. The number of nitrogens with zero attached hydrogens (tertiary/aromatic N) is 1. The van der Waals surface area contributed by atoms with Crippen LogP contribution in [0.2, 0.25) is 5.02 Å². The molecule has 0 aliphatic carbocycles. The molecule has 0 radical (unpaired) electrons. The van der Waals surface area contributed by atoms with E-state index in [4.69, 9.17) is 17.3 Å². The SMILES string of the molecule is NC(=O)c1cccc(CNc2ccc([N+](=O)[O-])c(Cl)c2)c1. The molecule has 2 aromatic carbocycles. The van der Waals surface area contributed by atoms with Gasteiger partial charge in [-0.2, -0.15) is 0 Å². The Morgan fingerprint density at radius 1 is 1.29 bits per heavy atom. The van der Waals surface area contributed by atoms with Gasteiger partial charge in [0.15, 0.2) is 0 Å². The van der Waals surface area contributed by atoms with Crippen molar-refractivity contribution in [3.8, 4) is 0 Å². The van der Waals surface area contributed by atoms with Gasteiger partial charge in [0.05, 0.1) is 4.92 Å². The first-order chi connectivity index (χ1) is 9.97. The molecule has 2 aromatic rings. The molecule has 0 unspecified atom stereocenters. The van der Waals surface area contributed by atoms with E-state index in [0.29, 0.717) is 17.8 Å². The Labute approximate surface area is 125 Å². The van der Waals surface area contributed by atoms with Gasteiger partial charge in [-0.05, 0) is 29.8 Å². The van der Waals surface area contributed by atoms with Crippen LogP contribution in [-0.2, 0) is 6.54 Å². The molecule has 0 saturated heterocycles. The van der Waals surface area contributed by atoms with E-state index in [-0.39, 0.29) is 10.7 Å². The summed E-state index contributed by atoms with van der Waals surface area (Å²) in [6, 6.07) is 11.3. The standard InChI is InChI=1S/C14H12ClN3O3/c15-12-7-11(4-5-13(12)18(20)21)17-8-9-2-1-3-10(6-9)14(16)19/h1-7,17H,8H2,(H2,16,19). The fourth-order valence-electron chi connectivity index (χ4n) is 1.80. The quantitative estimate of drug-likeness (QED) is 0.655. The van der Waals surface area contributed by atoms with Gasteiger partial charge in [0.2, 0.25) is 5.91 Å². The van der Waals surface area contributed by atoms with Crippen LogP contribution in [0.25, 0.3) is 0 Å². The Hall–Kier alpha value is -2.60. The normalized spacial score (nSPS) is 10.1. The van der Waals surface area contributed by atoms with Crippen LogP contribution in [0.1, 0.15) is 15.9 Å². The van der Waals surface area contributed by atoms with Crippen LogP contribution < -0.4 is 11.1 Å². The highest BCUT2D eigenvalue weighted by Gasteiger charge is 2.11. The Balaban J connectivity index is 2.10. The van der Waals surface area contributed by atoms with Gasteiger partial charge < -0.3 is 11.1 Å². The molecule has 0 spiro atoms. The minimum atomic E-state index is -0.539. The third kappa shape index (κ3) is 3.70. The number of anilines is 1. The summed E-state index contributed by atoms with van der Waals surface area (Å²) < 4.78 is 0. The van der Waals surface area contributed by atoms with E-state index >= 15 is 0 Å². The van der Waals surface area contributed by atoms with Crippen molar-refractivity contribution in [2.45, 2.75) is 6.54 Å². The molecule has 0 aliphatic heterocycles. The predicted molar refractivity (Wildman–Crippen MR) is 80.4 cm³/mol. The maximum Gasteiger partial charge on any atom is 0.288 e. The van der Waals surface area contributed by atoms with Crippen molar-refractivity contribution >= 4 is 28.9 Å². The fourth-order valence-corrected chi connectivity index (χ4v) is 2.05. The third-order valence-electron chi connectivity index (χ3n) is 2.85. The molecule has 6 nitrogen and oxygen atoms in total. The zero-order valence-electron chi connectivity index (χ0n) is 10.9. The summed E-state index contributed by atoms with van der Waals surface area (Å²) >= 11 is 5.83. The van der Waals surface area contributed by atoms with E-state index in [9.17, 15) is 14.9 Å². The van der Waals surface area contributed by atoms with Crippen molar-refractivity contribution in [1.82, 2.24) is 0 Å². The van der Waals surface area contributed by atoms with E-state index in [1.165, 1.54) is 12.1 Å². The summed E-state index contributed by atoms with van der Waals surface area (Å²) in [7, 11) is 0. The Morgan fingerprint density at radius 3 is 2.67 bits per heavy atom. The average Bonchev–Trinajstić information content (AvgIpc) is 2.45. The molecule has 3 N–H and O–H groups in total. The first-order valence-corrected chi connectivity index (χ1v) is 6.42. The van der Waals surface area contributed by atoms with Crippen molar-refractivity contribution in [3.63, 3.8) is 0 Å². The van der Waals surface area contributed by atoms with E-state index in [1.807, 2.05) is 6.07 Å². The van der Waals surface area contributed by atoms with Crippen LogP contribution in [0.15, 0.2) is 42.5 Å². The molecule has 108 valence electrons. The Kier molecular flexibility index (Phi) is 4.39. The van der Waals surface area contributed by atoms with Crippen LogP contribution in [0, 0.1) is 10.1 Å². The summed E-state index contributed by atoms with van der Waals surface area (Å²) in [6.07, 6.45) is 0. The van der Waals surface area contributed by atoms with Crippen LogP contribution in [0.4, 0.5) is 11.4 Å². The number of hydrogen-bond acceptors (Lipinski definition) is 4. The summed E-state index contributed by atoms with van der Waals surface area (Å²) in [6.45, 7) is 0.440. The lowest BCUT2D eigenvalue weighted by molar-refractivity contribution is -0.384. The highest BCUT2D eigenvalue weighted by atomic mass is 35.5. The Morgan fingerprint density at radius 2 is 2.05 bits per heavy atom. The number of rotatable bonds is 5. The first-order valence-electron chi connectivity index (χ1n) is 6.04. The number of nitro groups is 1. The summed E-state index contributed by atoms with van der Waals surface area (Å²) in [5.41, 5.74) is 7.01. The van der Waals surface area contributed by atoms with Crippen molar-refractivity contribution < 1.29 is 9.72 Å². The van der Waals surface area contributed by atoms with Gasteiger partial charge in [-0.25, -0.2) is 0 Å². The van der Waals surface area contributed by atoms with Gasteiger partial charge in [0.25, 0.3) is 5.69 Å². The molecule has 0 saturated carbocycles. The number of benzene rings is 2. The number of hydrogen-bond donors (Lipinski definition) is 2.